The molecule has 1 aromatic rings. The molecule has 3 N–H and O–H groups in total. The lowest BCUT2D eigenvalue weighted by molar-refractivity contribution is -0.123. The lowest BCUT2D eigenvalue weighted by atomic mass is 10.2. The molecule has 2 heterocycles. The lowest BCUT2D eigenvalue weighted by Crippen LogP contribution is -2.40. The van der Waals surface area contributed by atoms with E-state index in [0.717, 1.165) is 11.3 Å². The van der Waals surface area contributed by atoms with Gasteiger partial charge in [0.25, 0.3) is 0 Å². The minimum atomic E-state index is -0.411. The van der Waals surface area contributed by atoms with Gasteiger partial charge in [-0.05, 0) is 13.3 Å². The SMILES string of the molecule is Cc1c(CNC(=O)C2CC(O)CN2)cnn1C. The van der Waals surface area contributed by atoms with Crippen LogP contribution in [0.4, 0.5) is 0 Å². The fourth-order valence-corrected chi connectivity index (χ4v) is 1.94. The summed E-state index contributed by atoms with van der Waals surface area (Å²) in [6, 6.07) is -0.276. The number of aliphatic hydroxyl groups excluding tert-OH is 1. The van der Waals surface area contributed by atoms with Crippen molar-refractivity contribution in [2.45, 2.75) is 32.0 Å². The third-order valence-corrected chi connectivity index (χ3v) is 3.21. The standard InChI is InChI=1S/C11H18N4O2/c1-7-8(5-14-15(7)2)4-13-11(17)10-3-9(16)6-12-10/h5,9-10,12,16H,3-4,6H2,1-2H3,(H,13,17). The van der Waals surface area contributed by atoms with Crippen LogP contribution in [0.5, 0.6) is 0 Å². The summed E-state index contributed by atoms with van der Waals surface area (Å²) < 4.78 is 1.78. The molecule has 2 unspecified atom stereocenters. The molecule has 1 fully saturated rings. The quantitative estimate of drug-likeness (QED) is 0.635. The second-order valence-electron chi connectivity index (χ2n) is 4.45. The first-order valence-electron chi connectivity index (χ1n) is 5.74. The van der Waals surface area contributed by atoms with E-state index in [-0.39, 0.29) is 11.9 Å². The van der Waals surface area contributed by atoms with E-state index in [9.17, 15) is 9.90 Å². The van der Waals surface area contributed by atoms with Gasteiger partial charge in [0.15, 0.2) is 0 Å². The van der Waals surface area contributed by atoms with Gasteiger partial charge in [-0.25, -0.2) is 0 Å². The van der Waals surface area contributed by atoms with Crippen molar-refractivity contribution in [3.8, 4) is 0 Å². The van der Waals surface area contributed by atoms with Crippen LogP contribution in [0.1, 0.15) is 17.7 Å². The molecule has 6 nitrogen and oxygen atoms in total. The van der Waals surface area contributed by atoms with Crippen molar-refractivity contribution in [2.24, 2.45) is 7.05 Å². The molecule has 0 spiro atoms. The summed E-state index contributed by atoms with van der Waals surface area (Å²) in [6.07, 6.45) is 1.83. The molecule has 0 bridgehead atoms. The summed E-state index contributed by atoms with van der Waals surface area (Å²) in [7, 11) is 1.87. The van der Waals surface area contributed by atoms with Gasteiger partial charge in [0, 0.05) is 31.4 Å². The largest absolute Gasteiger partial charge is 0.392 e. The monoisotopic (exact) mass is 238 g/mol. The highest BCUT2D eigenvalue weighted by Gasteiger charge is 2.27. The molecule has 1 amide bonds. The van der Waals surface area contributed by atoms with Crippen LogP contribution < -0.4 is 10.6 Å². The Bertz CT molecular complexity index is 416. The minimum absolute atomic E-state index is 0.0650. The number of hydrogen-bond acceptors (Lipinski definition) is 4. The van der Waals surface area contributed by atoms with Crippen LogP contribution in [-0.2, 0) is 18.4 Å². The number of aryl methyl sites for hydroxylation is 1. The molecule has 17 heavy (non-hydrogen) atoms. The van der Waals surface area contributed by atoms with Gasteiger partial charge < -0.3 is 15.7 Å². The average molecular weight is 238 g/mol. The zero-order valence-corrected chi connectivity index (χ0v) is 10.1. The van der Waals surface area contributed by atoms with Gasteiger partial charge in [0.05, 0.1) is 18.3 Å². The van der Waals surface area contributed by atoms with Gasteiger partial charge in [-0.2, -0.15) is 5.10 Å². The van der Waals surface area contributed by atoms with Crippen molar-refractivity contribution in [1.29, 1.82) is 0 Å². The van der Waals surface area contributed by atoms with Crippen molar-refractivity contribution in [3.05, 3.63) is 17.5 Å². The number of carbonyl (C=O) groups is 1. The topological polar surface area (TPSA) is 79.2 Å². The van der Waals surface area contributed by atoms with E-state index in [0.29, 0.717) is 19.5 Å². The van der Waals surface area contributed by atoms with Crippen LogP contribution in [0.25, 0.3) is 0 Å². The summed E-state index contributed by atoms with van der Waals surface area (Å²) in [6.45, 7) is 2.93. The smallest absolute Gasteiger partial charge is 0.237 e. The van der Waals surface area contributed by atoms with Gasteiger partial charge in [0.2, 0.25) is 5.91 Å². The Balaban J connectivity index is 1.86. The Morgan fingerprint density at radius 2 is 2.53 bits per heavy atom. The fraction of sp³-hybridized carbons (Fsp3) is 0.636. The normalized spacial score (nSPS) is 23.9. The number of nitrogens with one attached hydrogen (secondary N) is 2. The molecule has 1 saturated heterocycles. The molecule has 6 heteroatoms. The zero-order chi connectivity index (χ0) is 12.4. The van der Waals surface area contributed by atoms with Crippen LogP contribution >= 0.6 is 0 Å². The first-order valence-corrected chi connectivity index (χ1v) is 5.74. The number of carbonyl (C=O) groups excluding carboxylic acids is 1. The Labute approximate surface area is 100 Å². The predicted molar refractivity (Wildman–Crippen MR) is 62.2 cm³/mol. The maximum absolute atomic E-state index is 11.8. The van der Waals surface area contributed by atoms with E-state index in [1.165, 1.54) is 0 Å². The Morgan fingerprint density at radius 3 is 3.06 bits per heavy atom. The van der Waals surface area contributed by atoms with Crippen LogP contribution in [0, 0.1) is 6.92 Å². The minimum Gasteiger partial charge on any atom is -0.392 e. The lowest BCUT2D eigenvalue weighted by Gasteiger charge is -2.10. The molecule has 0 aliphatic carbocycles. The predicted octanol–water partition coefficient (Wildman–Crippen LogP) is -0.932. The third kappa shape index (κ3) is 2.65. The second kappa shape index (κ2) is 4.85. The summed E-state index contributed by atoms with van der Waals surface area (Å²) in [5.41, 5.74) is 2.06. The van der Waals surface area contributed by atoms with Gasteiger partial charge >= 0.3 is 0 Å². The molecule has 0 radical (unpaired) electrons. The highest BCUT2D eigenvalue weighted by molar-refractivity contribution is 5.82. The van der Waals surface area contributed by atoms with Gasteiger partial charge in [-0.15, -0.1) is 0 Å². The Morgan fingerprint density at radius 1 is 1.76 bits per heavy atom. The van der Waals surface area contributed by atoms with E-state index >= 15 is 0 Å². The number of amides is 1. The number of nitrogens with zero attached hydrogens (tertiary/aromatic N) is 2. The summed E-state index contributed by atoms with van der Waals surface area (Å²) in [4.78, 5) is 11.8. The molecule has 0 saturated carbocycles. The molecule has 94 valence electrons. The third-order valence-electron chi connectivity index (χ3n) is 3.21. The second-order valence-corrected chi connectivity index (χ2v) is 4.45. The Kier molecular flexibility index (Phi) is 3.44. The molecule has 1 aliphatic rings. The number of aromatic nitrogens is 2. The number of hydrogen-bond donors (Lipinski definition) is 3. The zero-order valence-electron chi connectivity index (χ0n) is 10.1. The van der Waals surface area contributed by atoms with Crippen molar-refractivity contribution in [2.75, 3.05) is 6.54 Å². The molecule has 2 atom stereocenters. The van der Waals surface area contributed by atoms with Gasteiger partial charge in [0.1, 0.15) is 0 Å². The van der Waals surface area contributed by atoms with E-state index in [1.807, 2.05) is 14.0 Å². The maximum Gasteiger partial charge on any atom is 0.237 e. The van der Waals surface area contributed by atoms with Crippen molar-refractivity contribution < 1.29 is 9.90 Å². The van der Waals surface area contributed by atoms with E-state index < -0.39 is 6.10 Å². The summed E-state index contributed by atoms with van der Waals surface area (Å²) in [5.74, 6) is -0.0650. The van der Waals surface area contributed by atoms with Crippen molar-refractivity contribution in [1.82, 2.24) is 20.4 Å². The van der Waals surface area contributed by atoms with E-state index in [4.69, 9.17) is 0 Å². The molecule has 1 aromatic heterocycles. The van der Waals surface area contributed by atoms with Crippen LogP contribution in [0.3, 0.4) is 0 Å². The summed E-state index contributed by atoms with van der Waals surface area (Å²) >= 11 is 0. The number of rotatable bonds is 3. The van der Waals surface area contributed by atoms with E-state index in [1.54, 1.807) is 10.9 Å². The number of β-amino-alcohol motifs (C(OH)–C–C–N with tert-alkyl or cyclic N) is 1. The molecule has 2 rings (SSSR count). The first-order chi connectivity index (χ1) is 8.08. The van der Waals surface area contributed by atoms with Crippen molar-refractivity contribution in [3.63, 3.8) is 0 Å². The molecular weight excluding hydrogens is 220 g/mol. The van der Waals surface area contributed by atoms with Crippen LogP contribution in [-0.4, -0.2) is 39.5 Å². The molecule has 1 aliphatic heterocycles. The van der Waals surface area contributed by atoms with Crippen molar-refractivity contribution >= 4 is 5.91 Å². The highest BCUT2D eigenvalue weighted by atomic mass is 16.3. The molecule has 0 aromatic carbocycles. The van der Waals surface area contributed by atoms with Gasteiger partial charge in [-0.3, -0.25) is 9.48 Å². The van der Waals surface area contributed by atoms with E-state index in [2.05, 4.69) is 15.7 Å². The highest BCUT2D eigenvalue weighted by Crippen LogP contribution is 2.08. The summed E-state index contributed by atoms with van der Waals surface area (Å²) in [5, 5.41) is 19.3. The fourth-order valence-electron chi connectivity index (χ4n) is 1.94. The number of aliphatic hydroxyl groups is 1. The van der Waals surface area contributed by atoms with Gasteiger partial charge in [-0.1, -0.05) is 0 Å². The molecular formula is C11H18N4O2. The first kappa shape index (κ1) is 12.1. The maximum atomic E-state index is 11.8. The van der Waals surface area contributed by atoms with Crippen LogP contribution in [0.15, 0.2) is 6.20 Å². The Hall–Kier alpha value is -1.40. The van der Waals surface area contributed by atoms with Crippen LogP contribution in [0.2, 0.25) is 0 Å². The average Bonchev–Trinajstić information content (AvgIpc) is 2.86.